The second kappa shape index (κ2) is 5.20. The number of nitrogens with zero attached hydrogens (tertiary/aromatic N) is 4. The number of hydrogen-bond acceptors (Lipinski definition) is 6. The number of sulfone groups is 1. The van der Waals surface area contributed by atoms with E-state index in [1.54, 1.807) is 6.33 Å². The van der Waals surface area contributed by atoms with Gasteiger partial charge in [0.15, 0.2) is 9.84 Å². The lowest BCUT2D eigenvalue weighted by atomic mass is 10.2. The molecule has 20 heavy (non-hydrogen) atoms. The summed E-state index contributed by atoms with van der Waals surface area (Å²) in [4.78, 5) is 12.9. The molecule has 0 bridgehead atoms. The van der Waals surface area contributed by atoms with Crippen molar-refractivity contribution in [3.05, 3.63) is 12.4 Å². The van der Waals surface area contributed by atoms with Crippen molar-refractivity contribution in [3.8, 4) is 0 Å². The molecular formula is C13H20N4O2S. The van der Waals surface area contributed by atoms with Crippen molar-refractivity contribution in [1.82, 2.24) is 9.97 Å². The Balaban J connectivity index is 1.78. The molecule has 0 N–H and O–H groups in total. The summed E-state index contributed by atoms with van der Waals surface area (Å²) in [5, 5.41) is 0. The highest BCUT2D eigenvalue weighted by Gasteiger charge is 2.31. The molecule has 0 aromatic carbocycles. The highest BCUT2D eigenvalue weighted by molar-refractivity contribution is 7.91. The molecule has 110 valence electrons. The van der Waals surface area contributed by atoms with Gasteiger partial charge >= 0.3 is 0 Å². The normalized spacial score (nSPS) is 25.1. The summed E-state index contributed by atoms with van der Waals surface area (Å²) in [6.45, 7) is 2.08. The predicted molar refractivity (Wildman–Crippen MR) is 78.9 cm³/mol. The Bertz CT molecular complexity index is 584. The van der Waals surface area contributed by atoms with E-state index in [-0.39, 0.29) is 17.5 Å². The zero-order valence-corrected chi connectivity index (χ0v) is 12.5. The van der Waals surface area contributed by atoms with Gasteiger partial charge in [-0.05, 0) is 19.3 Å². The lowest BCUT2D eigenvalue weighted by Gasteiger charge is -2.25. The minimum absolute atomic E-state index is 0.0290. The second-order valence-electron chi connectivity index (χ2n) is 5.60. The van der Waals surface area contributed by atoms with Crippen LogP contribution in [-0.4, -0.2) is 56.1 Å². The van der Waals surface area contributed by atoms with Gasteiger partial charge in [0.2, 0.25) is 0 Å². The molecule has 0 radical (unpaired) electrons. The van der Waals surface area contributed by atoms with E-state index in [0.29, 0.717) is 6.42 Å². The molecule has 2 fully saturated rings. The van der Waals surface area contributed by atoms with Gasteiger partial charge in [-0.15, -0.1) is 0 Å². The third-order valence-electron chi connectivity index (χ3n) is 4.19. The molecular weight excluding hydrogens is 276 g/mol. The monoisotopic (exact) mass is 296 g/mol. The molecule has 0 saturated carbocycles. The van der Waals surface area contributed by atoms with Crippen LogP contribution in [0.25, 0.3) is 0 Å². The molecule has 2 aliphatic rings. The second-order valence-corrected chi connectivity index (χ2v) is 7.83. The van der Waals surface area contributed by atoms with Crippen molar-refractivity contribution in [3.63, 3.8) is 0 Å². The van der Waals surface area contributed by atoms with Crippen LogP contribution in [0.1, 0.15) is 19.3 Å². The number of hydrogen-bond donors (Lipinski definition) is 0. The first-order valence-electron chi connectivity index (χ1n) is 7.05. The van der Waals surface area contributed by atoms with E-state index in [0.717, 1.165) is 24.7 Å². The molecule has 2 aliphatic heterocycles. The Kier molecular flexibility index (Phi) is 3.54. The average Bonchev–Trinajstić information content (AvgIpc) is 3.07. The molecule has 0 spiro atoms. The Morgan fingerprint density at radius 1 is 1.30 bits per heavy atom. The van der Waals surface area contributed by atoms with Crippen molar-refractivity contribution in [2.75, 3.05) is 41.4 Å². The largest absolute Gasteiger partial charge is 0.356 e. The first-order chi connectivity index (χ1) is 9.55. The third-order valence-corrected chi connectivity index (χ3v) is 5.94. The number of rotatable bonds is 3. The van der Waals surface area contributed by atoms with Crippen LogP contribution < -0.4 is 9.80 Å². The smallest absolute Gasteiger partial charge is 0.152 e. The van der Waals surface area contributed by atoms with E-state index in [1.165, 1.54) is 12.8 Å². The quantitative estimate of drug-likeness (QED) is 0.818. The number of anilines is 2. The van der Waals surface area contributed by atoms with Gasteiger partial charge in [-0.25, -0.2) is 18.4 Å². The fourth-order valence-electron chi connectivity index (χ4n) is 2.92. The summed E-state index contributed by atoms with van der Waals surface area (Å²) in [7, 11) is -0.951. The molecule has 0 amide bonds. The highest BCUT2D eigenvalue weighted by Crippen LogP contribution is 2.24. The molecule has 1 aromatic rings. The van der Waals surface area contributed by atoms with E-state index in [4.69, 9.17) is 0 Å². The first-order valence-corrected chi connectivity index (χ1v) is 8.87. The summed E-state index contributed by atoms with van der Waals surface area (Å²) in [6.07, 6.45) is 4.66. The van der Waals surface area contributed by atoms with Crippen LogP contribution in [-0.2, 0) is 9.84 Å². The average molecular weight is 296 g/mol. The first kappa shape index (κ1) is 13.6. The lowest BCUT2D eigenvalue weighted by Crippen LogP contribution is -2.33. The van der Waals surface area contributed by atoms with Crippen LogP contribution in [0.4, 0.5) is 11.6 Å². The fraction of sp³-hybridized carbons (Fsp3) is 0.692. The van der Waals surface area contributed by atoms with Gasteiger partial charge < -0.3 is 9.80 Å². The van der Waals surface area contributed by atoms with Gasteiger partial charge in [0.05, 0.1) is 11.5 Å². The lowest BCUT2D eigenvalue weighted by molar-refractivity contribution is 0.600. The SMILES string of the molecule is CN(c1cc(N2CCCC2)ncn1)C1CCS(=O)(=O)C1. The van der Waals surface area contributed by atoms with Gasteiger partial charge in [-0.2, -0.15) is 0 Å². The van der Waals surface area contributed by atoms with Crippen molar-refractivity contribution in [2.24, 2.45) is 0 Å². The summed E-state index contributed by atoms with van der Waals surface area (Å²) < 4.78 is 23.2. The van der Waals surface area contributed by atoms with Gasteiger partial charge in [0.25, 0.3) is 0 Å². The third kappa shape index (κ3) is 2.72. The van der Waals surface area contributed by atoms with Crippen molar-refractivity contribution >= 4 is 21.5 Å². The van der Waals surface area contributed by atoms with Gasteiger partial charge in [-0.3, -0.25) is 0 Å². The van der Waals surface area contributed by atoms with E-state index >= 15 is 0 Å². The Morgan fingerprint density at radius 2 is 2.05 bits per heavy atom. The fourth-order valence-corrected chi connectivity index (χ4v) is 4.69. The molecule has 1 unspecified atom stereocenters. The molecule has 3 rings (SSSR count). The van der Waals surface area contributed by atoms with E-state index in [9.17, 15) is 8.42 Å². The maximum absolute atomic E-state index is 11.6. The maximum Gasteiger partial charge on any atom is 0.152 e. The summed E-state index contributed by atoms with van der Waals surface area (Å²) in [6, 6.07) is 2.00. The van der Waals surface area contributed by atoms with Gasteiger partial charge in [0.1, 0.15) is 18.0 Å². The number of aromatic nitrogens is 2. The summed E-state index contributed by atoms with van der Waals surface area (Å²) >= 11 is 0. The highest BCUT2D eigenvalue weighted by atomic mass is 32.2. The van der Waals surface area contributed by atoms with Crippen LogP contribution in [0.5, 0.6) is 0 Å². The Labute approximate surface area is 119 Å². The predicted octanol–water partition coefficient (Wildman–Crippen LogP) is 0.700. The zero-order valence-electron chi connectivity index (χ0n) is 11.7. The molecule has 1 atom stereocenters. The Morgan fingerprint density at radius 3 is 2.70 bits per heavy atom. The zero-order chi connectivity index (χ0) is 14.2. The van der Waals surface area contributed by atoms with Crippen LogP contribution in [0.15, 0.2) is 12.4 Å². The molecule has 0 aliphatic carbocycles. The Hall–Kier alpha value is -1.37. The van der Waals surface area contributed by atoms with Crippen molar-refractivity contribution < 1.29 is 8.42 Å². The minimum Gasteiger partial charge on any atom is -0.356 e. The molecule has 6 nitrogen and oxygen atoms in total. The van der Waals surface area contributed by atoms with E-state index in [2.05, 4.69) is 14.9 Å². The van der Waals surface area contributed by atoms with Crippen LogP contribution >= 0.6 is 0 Å². The maximum atomic E-state index is 11.6. The van der Waals surface area contributed by atoms with Crippen LogP contribution in [0.2, 0.25) is 0 Å². The van der Waals surface area contributed by atoms with E-state index < -0.39 is 9.84 Å². The molecule has 3 heterocycles. The van der Waals surface area contributed by atoms with Crippen LogP contribution in [0.3, 0.4) is 0 Å². The van der Waals surface area contributed by atoms with E-state index in [1.807, 2.05) is 18.0 Å². The van der Waals surface area contributed by atoms with Crippen molar-refractivity contribution in [2.45, 2.75) is 25.3 Å². The van der Waals surface area contributed by atoms with Crippen LogP contribution in [0, 0.1) is 0 Å². The molecule has 1 aromatic heterocycles. The topological polar surface area (TPSA) is 66.4 Å². The molecule has 7 heteroatoms. The molecule has 2 saturated heterocycles. The minimum atomic E-state index is -2.87. The summed E-state index contributed by atoms with van der Waals surface area (Å²) in [5.41, 5.74) is 0. The van der Waals surface area contributed by atoms with Gasteiger partial charge in [0, 0.05) is 32.2 Å². The van der Waals surface area contributed by atoms with Gasteiger partial charge in [-0.1, -0.05) is 0 Å². The summed E-state index contributed by atoms with van der Waals surface area (Å²) in [5.74, 6) is 2.27. The standard InChI is InChI=1S/C13H20N4O2S/c1-16(11-4-7-20(18,19)9-11)12-8-13(15-10-14-12)17-5-2-3-6-17/h8,10-11H,2-7,9H2,1H3. The van der Waals surface area contributed by atoms with Crippen molar-refractivity contribution in [1.29, 1.82) is 0 Å².